The van der Waals surface area contributed by atoms with Crippen LogP contribution in [0, 0.1) is 6.92 Å². The Labute approximate surface area is 199 Å². The van der Waals surface area contributed by atoms with Gasteiger partial charge in [-0.2, -0.15) is 4.98 Å². The summed E-state index contributed by atoms with van der Waals surface area (Å²) < 4.78 is 47.9. The molecule has 1 aromatic carbocycles. The molecule has 0 saturated carbocycles. The quantitative estimate of drug-likeness (QED) is 0.348. The third-order valence-electron chi connectivity index (χ3n) is 5.07. The van der Waals surface area contributed by atoms with Gasteiger partial charge in [-0.1, -0.05) is 5.16 Å². The number of benzene rings is 1. The van der Waals surface area contributed by atoms with Crippen LogP contribution in [0.1, 0.15) is 23.5 Å². The van der Waals surface area contributed by atoms with Gasteiger partial charge in [-0.05, 0) is 82.4 Å². The van der Waals surface area contributed by atoms with E-state index in [2.05, 4.69) is 40.9 Å². The number of aryl methyl sites for hydroxylation is 2. The van der Waals surface area contributed by atoms with Crippen LogP contribution in [0.5, 0.6) is 5.75 Å². The van der Waals surface area contributed by atoms with E-state index in [1.807, 2.05) is 27.1 Å². The van der Waals surface area contributed by atoms with Crippen LogP contribution in [0.3, 0.4) is 0 Å². The Hall–Kier alpha value is -3.80. The van der Waals surface area contributed by atoms with Crippen molar-refractivity contribution in [3.63, 3.8) is 0 Å². The molecule has 0 atom stereocenters. The van der Waals surface area contributed by atoms with E-state index >= 15 is 0 Å². The maximum Gasteiger partial charge on any atom is 0.573 e. The first-order chi connectivity index (χ1) is 16.7. The lowest BCUT2D eigenvalue weighted by Crippen LogP contribution is -2.16. The first-order valence-electron chi connectivity index (χ1n) is 10.9. The van der Waals surface area contributed by atoms with Gasteiger partial charge in [0.1, 0.15) is 11.6 Å². The lowest BCUT2D eigenvalue weighted by Gasteiger charge is -2.09. The number of rotatable bonds is 9. The summed E-state index contributed by atoms with van der Waals surface area (Å²) in [5.41, 5.74) is 2.53. The van der Waals surface area contributed by atoms with Gasteiger partial charge in [0.15, 0.2) is 0 Å². The number of hydrogen-bond donors (Lipinski definition) is 0. The van der Waals surface area contributed by atoms with Crippen LogP contribution in [0.15, 0.2) is 47.1 Å². The average molecular weight is 487 g/mol. The van der Waals surface area contributed by atoms with E-state index in [0.29, 0.717) is 17.9 Å². The Balaban J connectivity index is 1.45. The minimum absolute atomic E-state index is 0.108. The number of alkyl halides is 3. The molecule has 0 spiro atoms. The zero-order valence-electron chi connectivity index (χ0n) is 19.5. The molecule has 3 heterocycles. The molecule has 0 amide bonds. The van der Waals surface area contributed by atoms with Gasteiger partial charge in [-0.15, -0.1) is 18.3 Å². The number of pyridine rings is 1. The Bertz CT molecular complexity index is 1270. The molecular weight excluding hydrogens is 463 g/mol. The van der Waals surface area contributed by atoms with Gasteiger partial charge in [0, 0.05) is 17.5 Å². The molecule has 0 N–H and O–H groups in total. The average Bonchev–Trinajstić information content (AvgIpc) is 3.41. The summed E-state index contributed by atoms with van der Waals surface area (Å²) in [5, 5.41) is 8.38. The van der Waals surface area contributed by atoms with E-state index in [9.17, 15) is 13.2 Å². The number of ether oxygens (including phenoxy) is 1. The van der Waals surface area contributed by atoms with Crippen LogP contribution in [0.25, 0.3) is 23.1 Å². The normalized spacial score (nSPS) is 11.9. The lowest BCUT2D eigenvalue weighted by molar-refractivity contribution is -0.274. The molecule has 4 aromatic rings. The summed E-state index contributed by atoms with van der Waals surface area (Å²) in [6, 6.07) is 9.18. The molecule has 0 aliphatic rings. The molecule has 0 saturated heterocycles. The van der Waals surface area contributed by atoms with Gasteiger partial charge in [-0.3, -0.25) is 4.98 Å². The fraction of sp³-hybridized carbons (Fsp3) is 0.348. The number of nitrogens with zero attached hydrogens (tertiary/aromatic N) is 7. The zero-order chi connectivity index (χ0) is 25.0. The highest BCUT2D eigenvalue weighted by Crippen LogP contribution is 2.26. The minimum Gasteiger partial charge on any atom is -0.406 e. The maximum atomic E-state index is 12.3. The second-order valence-electron chi connectivity index (χ2n) is 8.20. The predicted octanol–water partition coefficient (Wildman–Crippen LogP) is 4.14. The van der Waals surface area contributed by atoms with Crippen LogP contribution in [0.2, 0.25) is 0 Å². The molecule has 0 aliphatic heterocycles. The predicted molar refractivity (Wildman–Crippen MR) is 120 cm³/mol. The molecule has 0 unspecified atom stereocenters. The minimum atomic E-state index is -4.76. The van der Waals surface area contributed by atoms with E-state index in [1.54, 1.807) is 10.9 Å². The molecule has 12 heteroatoms. The second kappa shape index (κ2) is 10.2. The summed E-state index contributed by atoms with van der Waals surface area (Å²) in [6.07, 6.45) is -1.05. The monoisotopic (exact) mass is 487 g/mol. The topological polar surface area (TPSA) is 95.0 Å². The standard InChI is InChI=1S/C23H24F3N7O2/c1-15-28-21(30-33(15)14-16-10-11-27-18(13-16)5-4-12-32(2)3)22-29-20(31-35-22)17-6-8-19(9-7-17)34-23(24,25)26/h6-11,13H,4-5,12,14H2,1-3H3. The van der Waals surface area contributed by atoms with Crippen molar-refractivity contribution in [2.45, 2.75) is 32.7 Å². The third kappa shape index (κ3) is 6.63. The van der Waals surface area contributed by atoms with Crippen molar-refractivity contribution >= 4 is 0 Å². The van der Waals surface area contributed by atoms with E-state index in [0.717, 1.165) is 30.6 Å². The highest BCUT2D eigenvalue weighted by molar-refractivity contribution is 5.57. The molecule has 4 rings (SSSR count). The van der Waals surface area contributed by atoms with Gasteiger partial charge in [-0.25, -0.2) is 9.67 Å². The van der Waals surface area contributed by atoms with Gasteiger partial charge >= 0.3 is 6.36 Å². The first kappa shape index (κ1) is 24.3. The third-order valence-corrected chi connectivity index (χ3v) is 5.07. The Morgan fingerprint density at radius 3 is 2.54 bits per heavy atom. The van der Waals surface area contributed by atoms with Crippen molar-refractivity contribution in [2.75, 3.05) is 20.6 Å². The fourth-order valence-corrected chi connectivity index (χ4v) is 3.41. The van der Waals surface area contributed by atoms with Crippen LogP contribution >= 0.6 is 0 Å². The Morgan fingerprint density at radius 2 is 1.83 bits per heavy atom. The van der Waals surface area contributed by atoms with Crippen molar-refractivity contribution in [3.05, 3.63) is 59.7 Å². The van der Waals surface area contributed by atoms with Crippen molar-refractivity contribution in [3.8, 4) is 28.9 Å². The molecular formula is C23H24F3N7O2. The molecule has 0 fully saturated rings. The number of hydrogen-bond acceptors (Lipinski definition) is 8. The van der Waals surface area contributed by atoms with Crippen LogP contribution in [-0.4, -0.2) is 61.8 Å². The number of aromatic nitrogens is 6. The lowest BCUT2D eigenvalue weighted by atomic mass is 10.1. The molecule has 0 radical (unpaired) electrons. The zero-order valence-corrected chi connectivity index (χ0v) is 19.5. The van der Waals surface area contributed by atoms with Crippen LogP contribution < -0.4 is 4.74 Å². The van der Waals surface area contributed by atoms with Gasteiger partial charge in [0.05, 0.1) is 6.54 Å². The molecule has 3 aromatic heterocycles. The SMILES string of the molecule is Cc1nc(-c2nc(-c3ccc(OC(F)(F)F)cc3)no2)nn1Cc1ccnc(CCCN(C)C)c1. The molecule has 35 heavy (non-hydrogen) atoms. The van der Waals surface area contributed by atoms with Crippen molar-refractivity contribution in [1.82, 2.24) is 34.8 Å². The van der Waals surface area contributed by atoms with Crippen molar-refractivity contribution in [2.24, 2.45) is 0 Å². The second-order valence-corrected chi connectivity index (χ2v) is 8.20. The van der Waals surface area contributed by atoms with Gasteiger partial charge in [0.2, 0.25) is 11.6 Å². The largest absolute Gasteiger partial charge is 0.573 e. The van der Waals surface area contributed by atoms with Gasteiger partial charge < -0.3 is 14.2 Å². The molecule has 9 nitrogen and oxygen atoms in total. The summed E-state index contributed by atoms with van der Waals surface area (Å²) in [6.45, 7) is 3.32. The first-order valence-corrected chi connectivity index (χ1v) is 10.9. The molecule has 0 aliphatic carbocycles. The smallest absolute Gasteiger partial charge is 0.406 e. The van der Waals surface area contributed by atoms with Crippen molar-refractivity contribution < 1.29 is 22.4 Å². The van der Waals surface area contributed by atoms with Crippen molar-refractivity contribution in [1.29, 1.82) is 0 Å². The van der Waals surface area contributed by atoms with Crippen LogP contribution in [-0.2, 0) is 13.0 Å². The van der Waals surface area contributed by atoms with E-state index in [-0.39, 0.29) is 23.3 Å². The fourth-order valence-electron chi connectivity index (χ4n) is 3.41. The summed E-state index contributed by atoms with van der Waals surface area (Å²) in [4.78, 5) is 15.3. The summed E-state index contributed by atoms with van der Waals surface area (Å²) >= 11 is 0. The number of halogens is 3. The van der Waals surface area contributed by atoms with E-state index in [4.69, 9.17) is 4.52 Å². The highest BCUT2D eigenvalue weighted by Gasteiger charge is 2.31. The Kier molecular flexibility index (Phi) is 7.10. The molecule has 184 valence electrons. The highest BCUT2D eigenvalue weighted by atomic mass is 19.4. The summed E-state index contributed by atoms with van der Waals surface area (Å²) in [7, 11) is 4.09. The molecule has 0 bridgehead atoms. The van der Waals surface area contributed by atoms with E-state index < -0.39 is 6.36 Å². The van der Waals surface area contributed by atoms with E-state index in [1.165, 1.54) is 24.3 Å². The van der Waals surface area contributed by atoms with Crippen LogP contribution in [0.4, 0.5) is 13.2 Å². The Morgan fingerprint density at radius 1 is 1.06 bits per heavy atom. The van der Waals surface area contributed by atoms with Gasteiger partial charge in [0.25, 0.3) is 5.89 Å². The maximum absolute atomic E-state index is 12.3. The summed E-state index contributed by atoms with van der Waals surface area (Å²) in [5.74, 6) is 0.900.